The van der Waals surface area contributed by atoms with Crippen LogP contribution in [0.25, 0.3) is 0 Å². The number of pyridine rings is 1. The van der Waals surface area contributed by atoms with Crippen molar-refractivity contribution in [2.75, 3.05) is 37.8 Å². The van der Waals surface area contributed by atoms with Crippen LogP contribution in [0.4, 0.5) is 5.82 Å². The van der Waals surface area contributed by atoms with Crippen molar-refractivity contribution in [3.63, 3.8) is 0 Å². The zero-order valence-electron chi connectivity index (χ0n) is 15.0. The van der Waals surface area contributed by atoms with E-state index in [2.05, 4.69) is 39.5 Å². The second-order valence-corrected chi connectivity index (χ2v) is 8.55. The monoisotopic (exact) mass is 375 g/mol. The third kappa shape index (κ3) is 5.27. The third-order valence-corrected chi connectivity index (χ3v) is 5.48. The number of hydrogen-bond donors (Lipinski definition) is 1. The molecule has 1 atom stereocenters. The van der Waals surface area contributed by atoms with E-state index in [4.69, 9.17) is 4.74 Å². The van der Waals surface area contributed by atoms with Crippen molar-refractivity contribution in [2.45, 2.75) is 24.0 Å². The molecule has 1 aliphatic rings. The van der Waals surface area contributed by atoms with Crippen molar-refractivity contribution in [1.82, 2.24) is 9.88 Å². The first-order valence-electron chi connectivity index (χ1n) is 8.79. The molecule has 1 unspecified atom stereocenters. The standard InChI is InChI=1S/C19H25N3O3S/c1-26(23,24)18-9-5-10-20-19(18)21-13-17-15-22(11-6-12-25-17)14-16-7-3-2-4-8-16/h2-5,7-10,17H,6,11-15H2,1H3,(H,20,21). The van der Waals surface area contributed by atoms with Gasteiger partial charge in [-0.15, -0.1) is 0 Å². The van der Waals surface area contributed by atoms with Gasteiger partial charge in [0.15, 0.2) is 9.84 Å². The highest BCUT2D eigenvalue weighted by atomic mass is 32.2. The lowest BCUT2D eigenvalue weighted by Gasteiger charge is -2.24. The molecule has 0 saturated carbocycles. The Morgan fingerprint density at radius 1 is 1.23 bits per heavy atom. The molecule has 1 N–H and O–H groups in total. The van der Waals surface area contributed by atoms with E-state index < -0.39 is 9.84 Å². The molecule has 1 aromatic heterocycles. The number of sulfone groups is 1. The van der Waals surface area contributed by atoms with Crippen molar-refractivity contribution in [1.29, 1.82) is 0 Å². The summed E-state index contributed by atoms with van der Waals surface area (Å²) in [6, 6.07) is 13.6. The number of benzene rings is 1. The van der Waals surface area contributed by atoms with E-state index in [1.165, 1.54) is 11.8 Å². The minimum atomic E-state index is -3.32. The van der Waals surface area contributed by atoms with Gasteiger partial charge in [0.2, 0.25) is 0 Å². The summed E-state index contributed by atoms with van der Waals surface area (Å²) in [5.74, 6) is 0.387. The largest absolute Gasteiger partial charge is 0.375 e. The van der Waals surface area contributed by atoms with Crippen molar-refractivity contribution in [3.05, 3.63) is 54.2 Å². The van der Waals surface area contributed by atoms with Crippen LogP contribution in [-0.2, 0) is 21.1 Å². The van der Waals surface area contributed by atoms with Crippen LogP contribution in [0, 0.1) is 0 Å². The molecule has 7 heteroatoms. The molecule has 0 radical (unpaired) electrons. The fourth-order valence-corrected chi connectivity index (χ4v) is 3.91. The minimum absolute atomic E-state index is 0.0179. The minimum Gasteiger partial charge on any atom is -0.375 e. The Kier molecular flexibility index (Phi) is 6.24. The first-order valence-corrected chi connectivity index (χ1v) is 10.7. The Hall–Kier alpha value is -1.96. The Morgan fingerprint density at radius 3 is 2.81 bits per heavy atom. The van der Waals surface area contributed by atoms with E-state index in [0.29, 0.717) is 19.0 Å². The highest BCUT2D eigenvalue weighted by molar-refractivity contribution is 7.90. The SMILES string of the molecule is CS(=O)(=O)c1cccnc1NCC1CN(Cc2ccccc2)CCCO1. The number of hydrogen-bond acceptors (Lipinski definition) is 6. The smallest absolute Gasteiger partial charge is 0.179 e. The topological polar surface area (TPSA) is 71.5 Å². The van der Waals surface area contributed by atoms with E-state index in [1.807, 2.05) is 6.07 Å². The quantitative estimate of drug-likeness (QED) is 0.835. The molecule has 0 bridgehead atoms. The van der Waals surface area contributed by atoms with Gasteiger partial charge in [-0.2, -0.15) is 0 Å². The summed E-state index contributed by atoms with van der Waals surface area (Å²) in [6.07, 6.45) is 3.75. The van der Waals surface area contributed by atoms with Gasteiger partial charge in [-0.25, -0.2) is 13.4 Å². The molecule has 1 fully saturated rings. The van der Waals surface area contributed by atoms with Crippen LogP contribution in [0.5, 0.6) is 0 Å². The summed E-state index contributed by atoms with van der Waals surface area (Å²) in [6.45, 7) is 3.90. The van der Waals surface area contributed by atoms with Gasteiger partial charge in [0.25, 0.3) is 0 Å². The van der Waals surface area contributed by atoms with E-state index in [9.17, 15) is 8.42 Å². The predicted molar refractivity (Wildman–Crippen MR) is 102 cm³/mol. The Balaban J connectivity index is 1.62. The van der Waals surface area contributed by atoms with Gasteiger partial charge >= 0.3 is 0 Å². The van der Waals surface area contributed by atoms with Crippen LogP contribution >= 0.6 is 0 Å². The van der Waals surface area contributed by atoms with Gasteiger partial charge < -0.3 is 10.1 Å². The third-order valence-electron chi connectivity index (χ3n) is 4.35. The second-order valence-electron chi connectivity index (χ2n) is 6.57. The van der Waals surface area contributed by atoms with E-state index in [-0.39, 0.29) is 11.0 Å². The van der Waals surface area contributed by atoms with Gasteiger partial charge in [-0.1, -0.05) is 30.3 Å². The Labute approximate surface area is 155 Å². The fraction of sp³-hybridized carbons (Fsp3) is 0.421. The maximum atomic E-state index is 11.9. The first kappa shape index (κ1) is 18.8. The maximum Gasteiger partial charge on any atom is 0.179 e. The molecule has 0 aliphatic carbocycles. The molecule has 0 amide bonds. The number of ether oxygens (including phenoxy) is 1. The van der Waals surface area contributed by atoms with Gasteiger partial charge in [0, 0.05) is 45.2 Å². The van der Waals surface area contributed by atoms with Crippen molar-refractivity contribution >= 4 is 15.7 Å². The number of aromatic nitrogens is 1. The Morgan fingerprint density at radius 2 is 2.04 bits per heavy atom. The van der Waals surface area contributed by atoms with Gasteiger partial charge in [-0.3, -0.25) is 4.90 Å². The zero-order chi connectivity index (χ0) is 18.4. The Bertz CT molecular complexity index is 812. The zero-order valence-corrected chi connectivity index (χ0v) is 15.8. The van der Waals surface area contributed by atoms with E-state index in [0.717, 1.165) is 26.1 Å². The summed E-state index contributed by atoms with van der Waals surface area (Å²) < 4.78 is 29.7. The lowest BCUT2D eigenvalue weighted by atomic mass is 10.2. The van der Waals surface area contributed by atoms with Gasteiger partial charge in [-0.05, 0) is 24.1 Å². The van der Waals surface area contributed by atoms with Crippen LogP contribution in [0.3, 0.4) is 0 Å². The van der Waals surface area contributed by atoms with Gasteiger partial charge in [0.05, 0.1) is 6.10 Å². The summed E-state index contributed by atoms with van der Waals surface area (Å²) in [4.78, 5) is 6.78. The summed E-state index contributed by atoms with van der Waals surface area (Å²) >= 11 is 0. The van der Waals surface area contributed by atoms with E-state index >= 15 is 0 Å². The summed E-state index contributed by atoms with van der Waals surface area (Å²) in [5, 5.41) is 3.16. The highest BCUT2D eigenvalue weighted by Gasteiger charge is 2.20. The van der Waals surface area contributed by atoms with Crippen molar-refractivity contribution < 1.29 is 13.2 Å². The van der Waals surface area contributed by atoms with Crippen molar-refractivity contribution in [2.24, 2.45) is 0 Å². The molecular formula is C19H25N3O3S. The summed E-state index contributed by atoms with van der Waals surface area (Å²) in [7, 11) is -3.32. The number of rotatable bonds is 6. The van der Waals surface area contributed by atoms with Crippen LogP contribution in [0.2, 0.25) is 0 Å². The first-order chi connectivity index (χ1) is 12.5. The average molecular weight is 375 g/mol. The second kappa shape index (κ2) is 8.62. The molecule has 1 aromatic carbocycles. The number of anilines is 1. The number of nitrogens with zero attached hydrogens (tertiary/aromatic N) is 2. The van der Waals surface area contributed by atoms with Crippen LogP contribution < -0.4 is 5.32 Å². The van der Waals surface area contributed by atoms with Crippen LogP contribution in [0.1, 0.15) is 12.0 Å². The molecule has 1 saturated heterocycles. The molecule has 140 valence electrons. The highest BCUT2D eigenvalue weighted by Crippen LogP contribution is 2.18. The summed E-state index contributed by atoms with van der Waals surface area (Å²) in [5.41, 5.74) is 1.28. The van der Waals surface area contributed by atoms with Crippen LogP contribution in [-0.4, -0.2) is 56.9 Å². The fourth-order valence-electron chi connectivity index (χ4n) is 3.11. The van der Waals surface area contributed by atoms with Gasteiger partial charge in [0.1, 0.15) is 10.7 Å². The lowest BCUT2D eigenvalue weighted by Crippen LogP contribution is -2.35. The predicted octanol–water partition coefficient (Wildman–Crippen LogP) is 2.19. The molecule has 0 spiro atoms. The number of nitrogens with one attached hydrogen (secondary N) is 1. The lowest BCUT2D eigenvalue weighted by molar-refractivity contribution is 0.0624. The molecule has 1 aliphatic heterocycles. The maximum absolute atomic E-state index is 11.9. The molecule has 3 rings (SSSR count). The average Bonchev–Trinajstić information content (AvgIpc) is 2.85. The van der Waals surface area contributed by atoms with E-state index in [1.54, 1.807) is 18.3 Å². The van der Waals surface area contributed by atoms with Crippen molar-refractivity contribution in [3.8, 4) is 0 Å². The molecule has 2 heterocycles. The molecule has 26 heavy (non-hydrogen) atoms. The molecular weight excluding hydrogens is 350 g/mol. The molecule has 2 aromatic rings. The van der Waals surface area contributed by atoms with Crippen LogP contribution in [0.15, 0.2) is 53.6 Å². The normalized spacial score (nSPS) is 19.0. The molecule has 6 nitrogen and oxygen atoms in total.